The Morgan fingerprint density at radius 3 is 2.26 bits per heavy atom. The minimum Gasteiger partial charge on any atom is -0.481 e. The molecule has 1 N–H and O–H groups in total. The van der Waals surface area contributed by atoms with E-state index >= 15 is 0 Å². The molecule has 0 aliphatic rings. The second-order valence-corrected chi connectivity index (χ2v) is 5.96. The molecule has 2 rings (SSSR count). The fourth-order valence-corrected chi connectivity index (χ4v) is 3.07. The molecule has 2 aromatic rings. The molecule has 0 fully saturated rings. The van der Waals surface area contributed by atoms with Gasteiger partial charge in [-0.25, -0.2) is 0 Å². The zero-order chi connectivity index (χ0) is 16.8. The summed E-state index contributed by atoms with van der Waals surface area (Å²) in [4.78, 5) is 20.7. The van der Waals surface area contributed by atoms with Crippen LogP contribution in [0.3, 0.4) is 0 Å². The molecule has 0 bridgehead atoms. The number of hydrogen-bond acceptors (Lipinski definition) is 6. The predicted octanol–water partition coefficient (Wildman–Crippen LogP) is 3.53. The third-order valence-electron chi connectivity index (χ3n) is 2.62. The van der Waals surface area contributed by atoms with Gasteiger partial charge in [0.05, 0.1) is 36.1 Å². The maximum absolute atomic E-state index is 12.0. The van der Waals surface area contributed by atoms with Crippen LogP contribution in [0.4, 0.5) is 5.95 Å². The number of halogens is 2. The predicted molar refractivity (Wildman–Crippen MR) is 91.0 cm³/mol. The Labute approximate surface area is 147 Å². The van der Waals surface area contributed by atoms with Crippen LogP contribution in [0.25, 0.3) is 0 Å². The number of methoxy groups -OCH3 is 2. The zero-order valence-corrected chi connectivity index (χ0v) is 14.6. The van der Waals surface area contributed by atoms with Gasteiger partial charge in [0.2, 0.25) is 23.6 Å². The van der Waals surface area contributed by atoms with Crippen LogP contribution in [0.15, 0.2) is 29.2 Å². The number of hydrogen-bond donors (Lipinski definition) is 1. The highest BCUT2D eigenvalue weighted by molar-refractivity contribution is 8.00. The summed E-state index contributed by atoms with van der Waals surface area (Å²) in [6.45, 7) is 0. The average Bonchev–Trinajstić information content (AvgIpc) is 2.53. The average molecular weight is 374 g/mol. The number of nitrogens with one attached hydrogen (secondary N) is 1. The molecule has 1 aromatic carbocycles. The lowest BCUT2D eigenvalue weighted by molar-refractivity contribution is -0.113. The van der Waals surface area contributed by atoms with Gasteiger partial charge in [0.1, 0.15) is 0 Å². The molecule has 0 aliphatic carbocycles. The lowest BCUT2D eigenvalue weighted by Gasteiger charge is -2.08. The molecule has 23 heavy (non-hydrogen) atoms. The summed E-state index contributed by atoms with van der Waals surface area (Å²) >= 11 is 13.3. The first kappa shape index (κ1) is 17.7. The lowest BCUT2D eigenvalue weighted by atomic mass is 10.4. The number of nitrogens with zero attached hydrogens (tertiary/aromatic N) is 2. The molecule has 0 aliphatic heterocycles. The highest BCUT2D eigenvalue weighted by Crippen LogP contribution is 2.33. The van der Waals surface area contributed by atoms with E-state index in [0.717, 1.165) is 0 Å². The summed E-state index contributed by atoms with van der Waals surface area (Å²) in [5.41, 5.74) is 0. The Morgan fingerprint density at radius 1 is 1.17 bits per heavy atom. The molecule has 1 aromatic heterocycles. The minimum absolute atomic E-state index is 0.0945. The number of aromatic nitrogens is 2. The Hall–Kier alpha value is -1.70. The third kappa shape index (κ3) is 4.89. The fraction of sp³-hybridized carbons (Fsp3) is 0.214. The van der Waals surface area contributed by atoms with Crippen molar-refractivity contribution in [1.82, 2.24) is 9.97 Å². The van der Waals surface area contributed by atoms with Crippen molar-refractivity contribution < 1.29 is 14.3 Å². The molecule has 0 atom stereocenters. The Kier molecular flexibility index (Phi) is 6.32. The number of carbonyl (C=O) groups is 1. The van der Waals surface area contributed by atoms with E-state index in [4.69, 9.17) is 32.7 Å². The molecule has 0 spiro atoms. The minimum atomic E-state index is -0.304. The summed E-state index contributed by atoms with van der Waals surface area (Å²) in [5.74, 6) is 0.466. The number of amides is 1. The van der Waals surface area contributed by atoms with E-state index in [1.54, 1.807) is 18.2 Å². The molecular weight excluding hydrogens is 361 g/mol. The van der Waals surface area contributed by atoms with Crippen molar-refractivity contribution in [3.05, 3.63) is 34.3 Å². The van der Waals surface area contributed by atoms with Gasteiger partial charge in [0.25, 0.3) is 0 Å². The van der Waals surface area contributed by atoms with Crippen LogP contribution in [0.1, 0.15) is 0 Å². The normalized spacial score (nSPS) is 10.3. The van der Waals surface area contributed by atoms with Crippen molar-refractivity contribution in [2.75, 3.05) is 25.3 Å². The second kappa shape index (κ2) is 8.24. The molecule has 6 nitrogen and oxygen atoms in total. The molecule has 0 unspecified atom stereocenters. The topological polar surface area (TPSA) is 73.3 Å². The van der Waals surface area contributed by atoms with Crippen LogP contribution in [0, 0.1) is 0 Å². The van der Waals surface area contributed by atoms with Crippen LogP contribution in [-0.4, -0.2) is 35.8 Å². The van der Waals surface area contributed by atoms with Crippen LogP contribution in [0.2, 0.25) is 10.0 Å². The third-order valence-corrected chi connectivity index (χ3v) is 4.60. The quantitative estimate of drug-likeness (QED) is 0.780. The number of thioether (sulfide) groups is 1. The standard InChI is InChI=1S/C14H13Cl2N3O3S/c1-21-11-6-12(22-2)19-14(18-11)17-10(20)7-23-13-8(15)4-3-5-9(13)16/h3-6H,7H2,1-2H3,(H,17,18,19,20). The van der Waals surface area contributed by atoms with Gasteiger partial charge in [-0.3, -0.25) is 10.1 Å². The van der Waals surface area contributed by atoms with Gasteiger partial charge in [-0.15, -0.1) is 11.8 Å². The number of rotatable bonds is 6. The van der Waals surface area contributed by atoms with Crippen LogP contribution in [0.5, 0.6) is 11.8 Å². The Balaban J connectivity index is 2.02. The van der Waals surface area contributed by atoms with Crippen molar-refractivity contribution in [1.29, 1.82) is 0 Å². The molecule has 0 radical (unpaired) electrons. The monoisotopic (exact) mass is 373 g/mol. The van der Waals surface area contributed by atoms with Gasteiger partial charge < -0.3 is 9.47 Å². The first-order valence-corrected chi connectivity index (χ1v) is 8.11. The highest BCUT2D eigenvalue weighted by atomic mass is 35.5. The van der Waals surface area contributed by atoms with E-state index in [1.165, 1.54) is 32.0 Å². The van der Waals surface area contributed by atoms with Crippen LogP contribution in [-0.2, 0) is 4.79 Å². The molecule has 122 valence electrons. The highest BCUT2D eigenvalue weighted by Gasteiger charge is 2.12. The smallest absolute Gasteiger partial charge is 0.237 e. The SMILES string of the molecule is COc1cc(OC)nc(NC(=O)CSc2c(Cl)cccc2Cl)n1. The summed E-state index contributed by atoms with van der Waals surface area (Å²) in [6, 6.07) is 6.67. The summed E-state index contributed by atoms with van der Waals surface area (Å²) < 4.78 is 10.0. The van der Waals surface area contributed by atoms with Crippen molar-refractivity contribution in [2.24, 2.45) is 0 Å². The molecule has 1 amide bonds. The number of benzene rings is 1. The number of anilines is 1. The number of carbonyl (C=O) groups excluding carboxylic acids is 1. The van der Waals surface area contributed by atoms with Crippen molar-refractivity contribution >= 4 is 46.8 Å². The van der Waals surface area contributed by atoms with Gasteiger partial charge in [-0.05, 0) is 12.1 Å². The zero-order valence-electron chi connectivity index (χ0n) is 12.3. The maximum Gasteiger partial charge on any atom is 0.237 e. The van der Waals surface area contributed by atoms with Crippen molar-refractivity contribution in [3.8, 4) is 11.8 Å². The van der Waals surface area contributed by atoms with Gasteiger partial charge >= 0.3 is 0 Å². The molecular formula is C14H13Cl2N3O3S. The van der Waals surface area contributed by atoms with Gasteiger partial charge in [-0.2, -0.15) is 9.97 Å². The molecule has 1 heterocycles. The van der Waals surface area contributed by atoms with E-state index < -0.39 is 0 Å². The Morgan fingerprint density at radius 2 is 1.74 bits per heavy atom. The first-order chi connectivity index (χ1) is 11.0. The van der Waals surface area contributed by atoms with Gasteiger partial charge in [0.15, 0.2) is 0 Å². The summed E-state index contributed by atoms with van der Waals surface area (Å²) in [5, 5.41) is 3.56. The van der Waals surface area contributed by atoms with E-state index in [2.05, 4.69) is 15.3 Å². The van der Waals surface area contributed by atoms with E-state index in [-0.39, 0.29) is 29.4 Å². The van der Waals surface area contributed by atoms with Crippen molar-refractivity contribution in [2.45, 2.75) is 4.90 Å². The summed E-state index contributed by atoms with van der Waals surface area (Å²) in [7, 11) is 2.92. The van der Waals surface area contributed by atoms with Crippen LogP contribution < -0.4 is 14.8 Å². The molecule has 9 heteroatoms. The first-order valence-electron chi connectivity index (χ1n) is 6.37. The van der Waals surface area contributed by atoms with E-state index in [9.17, 15) is 4.79 Å². The number of ether oxygens (including phenoxy) is 2. The molecule has 0 saturated heterocycles. The Bertz CT molecular complexity index is 673. The van der Waals surface area contributed by atoms with Crippen LogP contribution >= 0.6 is 35.0 Å². The van der Waals surface area contributed by atoms with Crippen molar-refractivity contribution in [3.63, 3.8) is 0 Å². The molecule has 0 saturated carbocycles. The largest absolute Gasteiger partial charge is 0.481 e. The maximum atomic E-state index is 12.0. The summed E-state index contributed by atoms with van der Waals surface area (Å²) in [6.07, 6.45) is 0. The van der Waals surface area contributed by atoms with E-state index in [1.807, 2.05) is 0 Å². The van der Waals surface area contributed by atoms with Gasteiger partial charge in [0, 0.05) is 4.90 Å². The lowest BCUT2D eigenvalue weighted by Crippen LogP contribution is -2.16. The fourth-order valence-electron chi connectivity index (χ4n) is 1.59. The van der Waals surface area contributed by atoms with Gasteiger partial charge in [-0.1, -0.05) is 29.3 Å². The van der Waals surface area contributed by atoms with E-state index in [0.29, 0.717) is 14.9 Å². The second-order valence-electron chi connectivity index (χ2n) is 4.16.